The third kappa shape index (κ3) is 4.39. The van der Waals surface area contributed by atoms with Crippen molar-refractivity contribution in [2.75, 3.05) is 0 Å². The van der Waals surface area contributed by atoms with E-state index in [9.17, 15) is 14.7 Å². The molecule has 3 atom stereocenters. The number of rotatable bonds is 3. The van der Waals surface area contributed by atoms with Gasteiger partial charge < -0.3 is 9.84 Å². The molecule has 1 rings (SSSR count). The second-order valence-corrected chi connectivity index (χ2v) is 6.73. The molecule has 1 saturated carbocycles. The molecule has 0 spiro atoms. The lowest BCUT2D eigenvalue weighted by Crippen LogP contribution is -2.53. The van der Waals surface area contributed by atoms with Crippen LogP contribution in [0.1, 0.15) is 60.3 Å². The number of carbonyl (C=O) groups is 2. The highest BCUT2D eigenvalue weighted by Gasteiger charge is 2.38. The summed E-state index contributed by atoms with van der Waals surface area (Å²) in [5, 5.41) is 9.27. The molecular weight excluding hydrogens is 258 g/mol. The summed E-state index contributed by atoms with van der Waals surface area (Å²) < 4.78 is 5.40. The molecule has 0 aromatic heterocycles. The van der Waals surface area contributed by atoms with Gasteiger partial charge in [0.25, 0.3) is 0 Å². The standard InChI is InChI=1S/C15H27NO4/c1-10-8-6-7-9-12(10)16(11(2)13(17)18)14(19)20-15(3,4)5/h10-12H,6-9H2,1-5H3,(H,17,18). The summed E-state index contributed by atoms with van der Waals surface area (Å²) in [7, 11) is 0. The van der Waals surface area contributed by atoms with Crippen molar-refractivity contribution in [1.82, 2.24) is 4.90 Å². The number of carbonyl (C=O) groups excluding carboxylic acids is 1. The number of carboxylic acid groups (broad SMARTS) is 1. The highest BCUT2D eigenvalue weighted by atomic mass is 16.6. The highest BCUT2D eigenvalue weighted by Crippen LogP contribution is 2.30. The van der Waals surface area contributed by atoms with Crippen LogP contribution in [0.15, 0.2) is 0 Å². The zero-order valence-corrected chi connectivity index (χ0v) is 13.2. The molecule has 0 bridgehead atoms. The summed E-state index contributed by atoms with van der Waals surface area (Å²) in [6, 6.07) is -0.917. The van der Waals surface area contributed by atoms with Gasteiger partial charge >= 0.3 is 12.1 Å². The molecule has 3 unspecified atom stereocenters. The van der Waals surface area contributed by atoms with E-state index in [0.717, 1.165) is 25.7 Å². The molecule has 1 aliphatic carbocycles. The lowest BCUT2D eigenvalue weighted by molar-refractivity contribution is -0.144. The van der Waals surface area contributed by atoms with Gasteiger partial charge in [-0.2, -0.15) is 0 Å². The zero-order chi connectivity index (χ0) is 15.5. The number of hydrogen-bond donors (Lipinski definition) is 1. The maximum Gasteiger partial charge on any atom is 0.411 e. The van der Waals surface area contributed by atoms with Crippen LogP contribution in [0.3, 0.4) is 0 Å². The van der Waals surface area contributed by atoms with Gasteiger partial charge in [-0.1, -0.05) is 19.8 Å². The van der Waals surface area contributed by atoms with Crippen LogP contribution in [-0.4, -0.2) is 39.8 Å². The van der Waals surface area contributed by atoms with Crippen molar-refractivity contribution >= 4 is 12.1 Å². The molecule has 0 radical (unpaired) electrons. The first kappa shape index (κ1) is 16.8. The van der Waals surface area contributed by atoms with Crippen molar-refractivity contribution in [3.8, 4) is 0 Å². The molecule has 0 aromatic carbocycles. The summed E-state index contributed by atoms with van der Waals surface area (Å²) in [5.74, 6) is -0.688. The third-order valence-electron chi connectivity index (χ3n) is 3.80. The fourth-order valence-corrected chi connectivity index (χ4v) is 2.72. The summed E-state index contributed by atoms with van der Waals surface area (Å²) in [4.78, 5) is 25.1. The van der Waals surface area contributed by atoms with E-state index in [-0.39, 0.29) is 6.04 Å². The Balaban J connectivity index is 2.95. The van der Waals surface area contributed by atoms with Crippen LogP contribution in [-0.2, 0) is 9.53 Å². The van der Waals surface area contributed by atoms with E-state index in [1.165, 1.54) is 4.90 Å². The quantitative estimate of drug-likeness (QED) is 0.864. The van der Waals surface area contributed by atoms with Gasteiger partial charge in [-0.25, -0.2) is 9.59 Å². The fraction of sp³-hybridized carbons (Fsp3) is 0.867. The highest BCUT2D eigenvalue weighted by molar-refractivity contribution is 5.80. The van der Waals surface area contributed by atoms with Crippen LogP contribution in [0.2, 0.25) is 0 Å². The van der Waals surface area contributed by atoms with Gasteiger partial charge in [0.2, 0.25) is 0 Å². The first-order valence-electron chi connectivity index (χ1n) is 7.37. The smallest absolute Gasteiger partial charge is 0.411 e. The summed E-state index contributed by atoms with van der Waals surface area (Å²) >= 11 is 0. The Bertz CT molecular complexity index is 361. The molecule has 1 fully saturated rings. The lowest BCUT2D eigenvalue weighted by atomic mass is 9.84. The van der Waals surface area contributed by atoms with E-state index in [2.05, 4.69) is 6.92 Å². The Kier molecular flexibility index (Phi) is 5.42. The summed E-state index contributed by atoms with van der Waals surface area (Å²) in [6.45, 7) is 9.00. The predicted molar refractivity (Wildman–Crippen MR) is 76.6 cm³/mol. The molecule has 20 heavy (non-hydrogen) atoms. The summed E-state index contributed by atoms with van der Waals surface area (Å²) in [6.07, 6.45) is 3.52. The molecule has 0 heterocycles. The van der Waals surface area contributed by atoms with Crippen molar-refractivity contribution in [2.24, 2.45) is 5.92 Å². The second kappa shape index (κ2) is 6.46. The molecule has 116 valence electrons. The second-order valence-electron chi connectivity index (χ2n) is 6.73. The van der Waals surface area contributed by atoms with Gasteiger partial charge in [0.05, 0.1) is 0 Å². The Morgan fingerprint density at radius 2 is 1.80 bits per heavy atom. The van der Waals surface area contributed by atoms with Crippen molar-refractivity contribution in [3.05, 3.63) is 0 Å². The van der Waals surface area contributed by atoms with Gasteiger partial charge in [-0.15, -0.1) is 0 Å². The van der Waals surface area contributed by atoms with Crippen LogP contribution >= 0.6 is 0 Å². The SMILES string of the molecule is CC1CCCCC1N(C(=O)OC(C)(C)C)C(C)C(=O)O. The minimum absolute atomic E-state index is 0.0512. The zero-order valence-electron chi connectivity index (χ0n) is 13.2. The number of carboxylic acids is 1. The molecule has 5 nitrogen and oxygen atoms in total. The van der Waals surface area contributed by atoms with Crippen molar-refractivity contribution < 1.29 is 19.4 Å². The molecular formula is C15H27NO4. The van der Waals surface area contributed by atoms with Crippen LogP contribution in [0.5, 0.6) is 0 Å². The van der Waals surface area contributed by atoms with Crippen molar-refractivity contribution in [1.29, 1.82) is 0 Å². The van der Waals surface area contributed by atoms with Crippen LogP contribution < -0.4 is 0 Å². The molecule has 5 heteroatoms. The monoisotopic (exact) mass is 285 g/mol. The van der Waals surface area contributed by atoms with Crippen LogP contribution in [0, 0.1) is 5.92 Å². The molecule has 0 aliphatic heterocycles. The Morgan fingerprint density at radius 3 is 2.25 bits per heavy atom. The van der Waals surface area contributed by atoms with E-state index in [4.69, 9.17) is 4.74 Å². The minimum atomic E-state index is -0.992. The van der Waals surface area contributed by atoms with Crippen LogP contribution in [0.4, 0.5) is 4.79 Å². The van der Waals surface area contributed by atoms with Gasteiger partial charge in [-0.3, -0.25) is 4.90 Å². The fourth-order valence-electron chi connectivity index (χ4n) is 2.72. The number of hydrogen-bond acceptors (Lipinski definition) is 3. The van der Waals surface area contributed by atoms with Gasteiger partial charge in [0, 0.05) is 6.04 Å². The summed E-state index contributed by atoms with van der Waals surface area (Å²) in [5.41, 5.74) is -0.620. The van der Waals surface area contributed by atoms with Crippen molar-refractivity contribution in [3.63, 3.8) is 0 Å². The molecule has 1 aliphatic rings. The molecule has 1 amide bonds. The molecule has 0 aromatic rings. The van der Waals surface area contributed by atoms with E-state index in [1.54, 1.807) is 27.7 Å². The molecule has 0 saturated heterocycles. The maximum absolute atomic E-state index is 12.4. The van der Waals surface area contributed by atoms with E-state index >= 15 is 0 Å². The Hall–Kier alpha value is -1.26. The van der Waals surface area contributed by atoms with Gasteiger partial charge in [-0.05, 0) is 46.5 Å². The maximum atomic E-state index is 12.4. The first-order chi connectivity index (χ1) is 9.13. The normalized spacial score (nSPS) is 24.9. The Morgan fingerprint density at radius 1 is 1.25 bits per heavy atom. The number of amides is 1. The number of nitrogens with zero attached hydrogens (tertiary/aromatic N) is 1. The minimum Gasteiger partial charge on any atom is -0.480 e. The van der Waals surface area contributed by atoms with Crippen molar-refractivity contribution in [2.45, 2.75) is 78.0 Å². The van der Waals surface area contributed by atoms with Crippen LogP contribution in [0.25, 0.3) is 0 Å². The molecule has 1 N–H and O–H groups in total. The number of aliphatic carboxylic acids is 1. The van der Waals surface area contributed by atoms with E-state index in [1.807, 2.05) is 0 Å². The average molecular weight is 285 g/mol. The van der Waals surface area contributed by atoms with E-state index in [0.29, 0.717) is 5.92 Å². The lowest BCUT2D eigenvalue weighted by Gasteiger charge is -2.41. The Labute approximate surface area is 121 Å². The van der Waals surface area contributed by atoms with Gasteiger partial charge in [0.1, 0.15) is 11.6 Å². The third-order valence-corrected chi connectivity index (χ3v) is 3.80. The van der Waals surface area contributed by atoms with E-state index < -0.39 is 23.7 Å². The largest absolute Gasteiger partial charge is 0.480 e. The average Bonchev–Trinajstić information content (AvgIpc) is 2.29. The topological polar surface area (TPSA) is 66.8 Å². The van der Waals surface area contributed by atoms with Gasteiger partial charge in [0.15, 0.2) is 0 Å². The predicted octanol–water partition coefficient (Wildman–Crippen LogP) is 3.28. The first-order valence-corrected chi connectivity index (χ1v) is 7.37. The number of ether oxygens (including phenoxy) is 1.